The number of hydrogen-bond acceptors (Lipinski definition) is 2. The van der Waals surface area contributed by atoms with E-state index in [1.165, 1.54) is 0 Å². The topological polar surface area (TPSA) is 74.6 Å². The number of carboxylic acids is 1. The second-order valence-electron chi connectivity index (χ2n) is 7.62. The molecule has 0 aliphatic carbocycles. The number of fused-ring (bicyclic) bond motifs is 1. The minimum Gasteiger partial charge on any atom is -0.481 e. The first kappa shape index (κ1) is 21.3. The van der Waals surface area contributed by atoms with Crippen LogP contribution in [0.3, 0.4) is 0 Å². The maximum absolute atomic E-state index is 12.8. The fraction of sp³-hybridized carbons (Fsp3) is 0.292. The second kappa shape index (κ2) is 9.39. The highest BCUT2D eigenvalue weighted by atomic mass is 31.2. The number of carboxylic acid groups (broad SMARTS) is 1. The highest BCUT2D eigenvalue weighted by Crippen LogP contribution is 2.48. The number of hydrogen-bond donors (Lipinski definition) is 2. The first-order valence-corrected chi connectivity index (χ1v) is 12.0. The van der Waals surface area contributed by atoms with Crippen LogP contribution in [0.25, 0.3) is 10.8 Å². The van der Waals surface area contributed by atoms with Gasteiger partial charge in [0.25, 0.3) is 0 Å². The van der Waals surface area contributed by atoms with E-state index in [2.05, 4.69) is 6.07 Å². The molecule has 0 heterocycles. The fourth-order valence-electron chi connectivity index (χ4n) is 3.99. The maximum Gasteiger partial charge on any atom is 0.307 e. The Balaban J connectivity index is 1.81. The van der Waals surface area contributed by atoms with E-state index in [0.717, 1.165) is 28.3 Å². The molecule has 0 saturated carbocycles. The quantitative estimate of drug-likeness (QED) is 0.431. The first-order valence-electron chi connectivity index (χ1n) is 9.95. The average Bonchev–Trinajstić information content (AvgIpc) is 2.71. The van der Waals surface area contributed by atoms with Gasteiger partial charge < -0.3 is 10.00 Å². The smallest absolute Gasteiger partial charge is 0.307 e. The highest BCUT2D eigenvalue weighted by Gasteiger charge is 2.31. The van der Waals surface area contributed by atoms with Gasteiger partial charge >= 0.3 is 5.97 Å². The first-order chi connectivity index (χ1) is 13.9. The Morgan fingerprint density at radius 1 is 0.966 bits per heavy atom. The average molecular weight is 410 g/mol. The van der Waals surface area contributed by atoms with Gasteiger partial charge in [-0.2, -0.15) is 0 Å². The van der Waals surface area contributed by atoms with E-state index in [9.17, 15) is 19.4 Å². The highest BCUT2D eigenvalue weighted by molar-refractivity contribution is 7.57. The summed E-state index contributed by atoms with van der Waals surface area (Å²) in [5.74, 6) is -1.86. The van der Waals surface area contributed by atoms with E-state index < -0.39 is 19.3 Å². The van der Waals surface area contributed by atoms with Gasteiger partial charge in [-0.15, -0.1) is 0 Å². The van der Waals surface area contributed by atoms with Gasteiger partial charge in [-0.05, 0) is 40.7 Å². The van der Waals surface area contributed by atoms with E-state index >= 15 is 0 Å². The Morgan fingerprint density at radius 2 is 1.62 bits per heavy atom. The molecule has 3 atom stereocenters. The summed E-state index contributed by atoms with van der Waals surface area (Å²) in [6, 6.07) is 23.2. The van der Waals surface area contributed by atoms with Gasteiger partial charge in [0.1, 0.15) is 0 Å². The van der Waals surface area contributed by atoms with E-state index in [0.29, 0.717) is 6.42 Å². The Labute approximate surface area is 171 Å². The van der Waals surface area contributed by atoms with Crippen molar-refractivity contribution < 1.29 is 19.4 Å². The predicted octanol–water partition coefficient (Wildman–Crippen LogP) is 5.89. The molecule has 3 aromatic rings. The van der Waals surface area contributed by atoms with Crippen LogP contribution in [0.1, 0.15) is 36.8 Å². The number of carbonyl (C=O) groups is 1. The van der Waals surface area contributed by atoms with Crippen molar-refractivity contribution in [3.63, 3.8) is 0 Å². The van der Waals surface area contributed by atoms with Crippen molar-refractivity contribution in [1.82, 2.24) is 0 Å². The Kier molecular flexibility index (Phi) is 6.89. The summed E-state index contributed by atoms with van der Waals surface area (Å²) < 4.78 is 12.8. The summed E-state index contributed by atoms with van der Waals surface area (Å²) in [5, 5.41) is 12.0. The molecule has 0 aromatic heterocycles. The lowest BCUT2D eigenvalue weighted by Gasteiger charge is -2.23. The molecule has 3 aromatic carbocycles. The zero-order chi connectivity index (χ0) is 20.9. The van der Waals surface area contributed by atoms with Crippen molar-refractivity contribution in [2.24, 2.45) is 5.92 Å². The summed E-state index contributed by atoms with van der Waals surface area (Å²) in [6.07, 6.45) is 0.909. The molecular formula is C24H27O4P. The standard InChI is InChI=1S/C24H27O4P/c1-2-19(22-14-8-12-20-11-6-7-13-23(20)22)15-21(24(25)26)17-29(27,28)16-18-9-4-3-5-10-18/h3-14,19,21H,2,15-17H2,1H3,(H,25,26)(H,27,28). The van der Waals surface area contributed by atoms with Crippen LogP contribution in [0.2, 0.25) is 0 Å². The Hall–Kier alpha value is -2.42. The van der Waals surface area contributed by atoms with Crippen LogP contribution in [0.15, 0.2) is 72.8 Å². The van der Waals surface area contributed by atoms with Gasteiger partial charge in [-0.3, -0.25) is 9.36 Å². The second-order valence-corrected chi connectivity index (χ2v) is 9.99. The van der Waals surface area contributed by atoms with E-state index in [-0.39, 0.29) is 18.2 Å². The molecule has 0 radical (unpaired) electrons. The minimum absolute atomic E-state index is 0.00266. The lowest BCUT2D eigenvalue weighted by atomic mass is 9.85. The molecule has 0 amide bonds. The van der Waals surface area contributed by atoms with Crippen molar-refractivity contribution in [2.45, 2.75) is 31.8 Å². The molecular weight excluding hydrogens is 383 g/mol. The van der Waals surface area contributed by atoms with E-state index in [1.807, 2.05) is 61.5 Å². The normalized spacial score (nSPS) is 15.5. The van der Waals surface area contributed by atoms with E-state index in [1.54, 1.807) is 12.1 Å². The summed E-state index contributed by atoms with van der Waals surface area (Å²) in [5.41, 5.74) is 1.86. The lowest BCUT2D eigenvalue weighted by Crippen LogP contribution is -2.21. The molecule has 29 heavy (non-hydrogen) atoms. The third kappa shape index (κ3) is 5.56. The van der Waals surface area contributed by atoms with Crippen LogP contribution in [0, 0.1) is 5.92 Å². The van der Waals surface area contributed by atoms with Gasteiger partial charge in [0.05, 0.1) is 5.92 Å². The summed E-state index contributed by atoms with van der Waals surface area (Å²) in [6.45, 7) is 2.04. The summed E-state index contributed by atoms with van der Waals surface area (Å²) >= 11 is 0. The van der Waals surface area contributed by atoms with Crippen molar-refractivity contribution in [2.75, 3.05) is 6.16 Å². The zero-order valence-corrected chi connectivity index (χ0v) is 17.5. The molecule has 3 unspecified atom stereocenters. The number of aliphatic carboxylic acids is 1. The van der Waals surface area contributed by atoms with Crippen molar-refractivity contribution in [3.8, 4) is 0 Å². The Morgan fingerprint density at radius 3 is 2.31 bits per heavy atom. The summed E-state index contributed by atoms with van der Waals surface area (Å²) in [7, 11) is -3.61. The fourth-order valence-corrected chi connectivity index (χ4v) is 5.90. The maximum atomic E-state index is 12.8. The monoisotopic (exact) mass is 410 g/mol. The molecule has 0 aliphatic heterocycles. The molecule has 2 N–H and O–H groups in total. The van der Waals surface area contributed by atoms with Gasteiger partial charge in [0, 0.05) is 12.3 Å². The molecule has 0 fully saturated rings. The van der Waals surface area contributed by atoms with Crippen LogP contribution < -0.4 is 0 Å². The third-order valence-corrected chi connectivity index (χ3v) is 7.32. The SMILES string of the molecule is CCC(CC(CP(=O)(O)Cc1ccccc1)C(=O)O)c1cccc2ccccc12. The van der Waals surface area contributed by atoms with Crippen LogP contribution in [-0.4, -0.2) is 22.1 Å². The molecule has 0 saturated heterocycles. The summed E-state index contributed by atoms with van der Waals surface area (Å²) in [4.78, 5) is 22.5. The molecule has 5 heteroatoms. The number of rotatable bonds is 9. The largest absolute Gasteiger partial charge is 0.481 e. The number of benzene rings is 3. The van der Waals surface area contributed by atoms with Crippen LogP contribution >= 0.6 is 7.37 Å². The van der Waals surface area contributed by atoms with Gasteiger partial charge in [-0.25, -0.2) is 0 Å². The van der Waals surface area contributed by atoms with Gasteiger partial charge in [0.2, 0.25) is 7.37 Å². The molecule has 3 rings (SSSR count). The van der Waals surface area contributed by atoms with Crippen molar-refractivity contribution in [1.29, 1.82) is 0 Å². The molecule has 0 bridgehead atoms. The zero-order valence-electron chi connectivity index (χ0n) is 16.6. The molecule has 0 spiro atoms. The van der Waals surface area contributed by atoms with Gasteiger partial charge in [-0.1, -0.05) is 79.7 Å². The molecule has 4 nitrogen and oxygen atoms in total. The van der Waals surface area contributed by atoms with Crippen molar-refractivity contribution in [3.05, 3.63) is 83.9 Å². The van der Waals surface area contributed by atoms with Crippen molar-refractivity contribution >= 4 is 24.1 Å². The van der Waals surface area contributed by atoms with E-state index in [4.69, 9.17) is 0 Å². The van der Waals surface area contributed by atoms with Crippen LogP contribution in [-0.2, 0) is 15.5 Å². The van der Waals surface area contributed by atoms with Crippen LogP contribution in [0.4, 0.5) is 0 Å². The van der Waals surface area contributed by atoms with Crippen LogP contribution in [0.5, 0.6) is 0 Å². The molecule has 152 valence electrons. The third-order valence-electron chi connectivity index (χ3n) is 5.45. The lowest BCUT2D eigenvalue weighted by molar-refractivity contribution is -0.141. The minimum atomic E-state index is -3.61. The van der Waals surface area contributed by atoms with Gasteiger partial charge in [0.15, 0.2) is 0 Å². The Bertz CT molecular complexity index is 1010. The molecule has 0 aliphatic rings. The predicted molar refractivity (Wildman–Crippen MR) is 118 cm³/mol.